The smallest absolute Gasteiger partial charge is 0.325 e. The Morgan fingerprint density at radius 3 is 2.56 bits per heavy atom. The molecule has 64 heavy (non-hydrogen) atoms. The molecule has 7 atom stereocenters. The summed E-state index contributed by atoms with van der Waals surface area (Å²) in [6.07, 6.45) is 4.81. The molecule has 13 nitrogen and oxygen atoms in total. The molecule has 16 heteroatoms. The number of ether oxygens (including phenoxy) is 2. The number of nitrogens with zero attached hydrogens (tertiary/aromatic N) is 6. The lowest BCUT2D eigenvalue weighted by atomic mass is 9.63. The molecular formula is C48H60F2N8O5S. The molecule has 1 spiro atoms. The SMILES string of the molecule is CCn1c(-c2cc(N3CCN(C)CC3)cnc2[C@H](C)OC)c2c3cc(ccc31)-c1csc(n1)C1(CCC1)[C@H](NC(=O)[C@H]1C[C@@H]1C)C(=O)N1C[C@H]3[C@@H]([C@H](N1)C(=O)OCC(C)(C)C2)C3(F)F. The number of hydrogen-bond donors (Lipinski definition) is 2. The van der Waals surface area contributed by atoms with Crippen LogP contribution in [-0.2, 0) is 42.2 Å². The van der Waals surface area contributed by atoms with Crippen LogP contribution in [0.5, 0.6) is 0 Å². The number of amides is 2. The van der Waals surface area contributed by atoms with E-state index in [1.54, 1.807) is 7.11 Å². The van der Waals surface area contributed by atoms with Crippen LogP contribution in [0.3, 0.4) is 0 Å². The summed E-state index contributed by atoms with van der Waals surface area (Å²) < 4.78 is 45.6. The number of rotatable bonds is 7. The van der Waals surface area contributed by atoms with Crippen molar-refractivity contribution in [3.05, 3.63) is 52.1 Å². The lowest BCUT2D eigenvalue weighted by molar-refractivity contribution is -0.157. The van der Waals surface area contributed by atoms with Gasteiger partial charge in [-0.3, -0.25) is 24.4 Å². The molecule has 1 aromatic carbocycles. The second kappa shape index (κ2) is 15.8. The summed E-state index contributed by atoms with van der Waals surface area (Å²) in [5.74, 6) is -7.31. The average Bonchev–Trinajstić information content (AvgIpc) is 3.97. The monoisotopic (exact) mass is 898 g/mol. The predicted octanol–water partition coefficient (Wildman–Crippen LogP) is 6.59. The number of carbonyl (C=O) groups is 3. The highest BCUT2D eigenvalue weighted by molar-refractivity contribution is 7.10. The number of aromatic nitrogens is 3. The quantitative estimate of drug-likeness (QED) is 0.196. The molecule has 6 heterocycles. The Hall–Kier alpha value is -4.51. The Balaban J connectivity index is 1.14. The van der Waals surface area contributed by atoms with E-state index >= 15 is 8.78 Å². The van der Waals surface area contributed by atoms with E-state index in [0.29, 0.717) is 25.8 Å². The second-order valence-corrected chi connectivity index (χ2v) is 21.1. The first kappa shape index (κ1) is 43.4. The molecule has 2 saturated heterocycles. The lowest BCUT2D eigenvalue weighted by Gasteiger charge is -2.47. The van der Waals surface area contributed by atoms with Gasteiger partial charge in [0.05, 0.1) is 58.9 Å². The van der Waals surface area contributed by atoms with Gasteiger partial charge in [-0.1, -0.05) is 33.3 Å². The molecule has 2 N–H and O–H groups in total. The summed E-state index contributed by atoms with van der Waals surface area (Å²) in [6.45, 7) is 14.2. The van der Waals surface area contributed by atoms with Gasteiger partial charge in [-0.05, 0) is 76.3 Å². The number of methoxy groups -OCH3 is 1. The molecule has 342 valence electrons. The Morgan fingerprint density at radius 1 is 1.14 bits per heavy atom. The highest BCUT2D eigenvalue weighted by Crippen LogP contribution is 2.59. The first-order valence-corrected chi connectivity index (χ1v) is 23.9. The molecule has 2 amide bonds. The highest BCUT2D eigenvalue weighted by Gasteiger charge is 2.75. The number of pyridine rings is 1. The summed E-state index contributed by atoms with van der Waals surface area (Å²) in [5.41, 5.74) is 8.96. The van der Waals surface area contributed by atoms with Gasteiger partial charge in [-0.2, -0.15) is 0 Å². The van der Waals surface area contributed by atoms with Crippen LogP contribution < -0.4 is 15.6 Å². The van der Waals surface area contributed by atoms with Gasteiger partial charge in [0, 0.05) is 85.1 Å². The minimum absolute atomic E-state index is 0.0590. The van der Waals surface area contributed by atoms with Gasteiger partial charge in [0.25, 0.3) is 11.8 Å². The van der Waals surface area contributed by atoms with Crippen LogP contribution in [0, 0.1) is 29.1 Å². The number of nitrogens with one attached hydrogen (secondary N) is 2. The standard InChI is InChI=1S/C48H60F2N8O5S/c1-8-57-36-11-10-28-19-31(36)33(40(57)32-20-29(22-51-38(32)27(3)62-7)56-16-14-55(6)15-17-56)21-46(4,5)25-63-44(61)39-37-34(48(37,49)50)23-58(54-39)43(60)41(53-42(59)30-18-26(30)2)47(12-9-13-47)45-52-35(28)24-64-45/h10-11,19-20,22,24,26-27,30,34,37,39,41,54H,8-9,12-18,21,23,25H2,1-7H3,(H,53,59)/t26-,27-,30-,34-,37-,39-,41+/m0/s1. The van der Waals surface area contributed by atoms with E-state index < -0.39 is 52.5 Å². The van der Waals surface area contributed by atoms with Crippen molar-refractivity contribution in [1.29, 1.82) is 0 Å². The van der Waals surface area contributed by atoms with E-state index in [1.165, 1.54) is 16.3 Å². The summed E-state index contributed by atoms with van der Waals surface area (Å²) in [4.78, 5) is 57.9. The first-order valence-electron chi connectivity index (χ1n) is 23.1. The Labute approximate surface area is 377 Å². The van der Waals surface area contributed by atoms with Gasteiger partial charge >= 0.3 is 5.97 Å². The molecule has 0 unspecified atom stereocenters. The molecule has 0 radical (unpaired) electrons. The van der Waals surface area contributed by atoms with Crippen molar-refractivity contribution in [2.75, 3.05) is 58.4 Å². The third-order valence-corrected chi connectivity index (χ3v) is 16.4. The van der Waals surface area contributed by atoms with Crippen LogP contribution in [0.1, 0.15) is 82.7 Å². The number of benzene rings is 1. The van der Waals surface area contributed by atoms with Gasteiger partial charge < -0.3 is 29.2 Å². The molecule has 3 saturated carbocycles. The average molecular weight is 899 g/mol. The number of aryl methyl sites for hydroxylation is 1. The van der Waals surface area contributed by atoms with Crippen molar-refractivity contribution in [3.63, 3.8) is 0 Å². The van der Waals surface area contributed by atoms with E-state index in [9.17, 15) is 14.4 Å². The molecule has 4 aromatic rings. The number of carbonyl (C=O) groups excluding carboxylic acids is 3. The Morgan fingerprint density at radius 2 is 1.89 bits per heavy atom. The number of thiazole rings is 1. The van der Waals surface area contributed by atoms with E-state index in [-0.39, 0.29) is 37.0 Å². The minimum Gasteiger partial charge on any atom is -0.464 e. The van der Waals surface area contributed by atoms with Crippen LogP contribution >= 0.6 is 11.3 Å². The maximum Gasteiger partial charge on any atom is 0.325 e. The fraction of sp³-hybridized carbons (Fsp3) is 0.604. The molecule has 3 aromatic heterocycles. The summed E-state index contributed by atoms with van der Waals surface area (Å²) in [7, 11) is 3.83. The van der Waals surface area contributed by atoms with Gasteiger partial charge in [0.15, 0.2) is 0 Å². The number of piperazine rings is 1. The zero-order valence-electron chi connectivity index (χ0n) is 37.9. The third-order valence-electron chi connectivity index (χ3n) is 15.3. The van der Waals surface area contributed by atoms with Crippen LogP contribution in [0.4, 0.5) is 14.5 Å². The number of cyclic esters (lactones) is 1. The van der Waals surface area contributed by atoms with Gasteiger partial charge in [-0.25, -0.2) is 19.2 Å². The van der Waals surface area contributed by atoms with Gasteiger partial charge in [0.1, 0.15) is 17.1 Å². The van der Waals surface area contributed by atoms with E-state index in [2.05, 4.69) is 63.3 Å². The first-order chi connectivity index (χ1) is 30.5. The Kier molecular flexibility index (Phi) is 10.7. The highest BCUT2D eigenvalue weighted by atomic mass is 32.1. The molecule has 10 rings (SSSR count). The van der Waals surface area contributed by atoms with E-state index in [0.717, 1.165) is 94.4 Å². The van der Waals surface area contributed by atoms with Crippen molar-refractivity contribution < 1.29 is 32.6 Å². The predicted molar refractivity (Wildman–Crippen MR) is 241 cm³/mol. The topological polar surface area (TPSA) is 134 Å². The van der Waals surface area contributed by atoms with Crippen LogP contribution in [0.15, 0.2) is 35.8 Å². The second-order valence-electron chi connectivity index (χ2n) is 20.2. The fourth-order valence-corrected chi connectivity index (χ4v) is 12.0. The van der Waals surface area contributed by atoms with Crippen molar-refractivity contribution in [3.8, 4) is 22.5 Å². The molecule has 3 aliphatic carbocycles. The number of halogens is 2. The van der Waals surface area contributed by atoms with Gasteiger partial charge in [0.2, 0.25) is 5.91 Å². The molecule has 3 aliphatic heterocycles. The molecular weight excluding hydrogens is 839 g/mol. The van der Waals surface area contributed by atoms with Crippen molar-refractivity contribution in [2.24, 2.45) is 29.1 Å². The molecule has 6 bridgehead atoms. The summed E-state index contributed by atoms with van der Waals surface area (Å²) in [6, 6.07) is 6.18. The number of anilines is 1. The van der Waals surface area contributed by atoms with E-state index in [4.69, 9.17) is 19.4 Å². The number of hydrazine groups is 1. The molecule has 5 fully saturated rings. The maximum absolute atomic E-state index is 15.6. The zero-order chi connectivity index (χ0) is 45.0. The fourth-order valence-electron chi connectivity index (χ4n) is 10.9. The van der Waals surface area contributed by atoms with Crippen molar-refractivity contribution >= 4 is 45.7 Å². The normalized spacial score (nSPS) is 28.8. The van der Waals surface area contributed by atoms with Crippen LogP contribution in [-0.4, -0.2) is 114 Å². The largest absolute Gasteiger partial charge is 0.464 e. The number of likely N-dealkylation sites (N-methyl/N-ethyl adjacent to an activating group) is 1. The third kappa shape index (κ3) is 7.21. The van der Waals surface area contributed by atoms with Crippen LogP contribution in [0.25, 0.3) is 33.4 Å². The molecule has 6 aliphatic rings. The minimum atomic E-state index is -3.17. The van der Waals surface area contributed by atoms with Crippen molar-refractivity contribution in [1.82, 2.24) is 35.2 Å². The van der Waals surface area contributed by atoms with E-state index in [1.807, 2.05) is 39.3 Å². The van der Waals surface area contributed by atoms with Gasteiger partial charge in [-0.15, -0.1) is 11.3 Å². The summed E-state index contributed by atoms with van der Waals surface area (Å²) >= 11 is 1.46. The summed E-state index contributed by atoms with van der Waals surface area (Å²) in [5, 5.41) is 8.05. The zero-order valence-corrected chi connectivity index (χ0v) is 38.7. The lowest BCUT2D eigenvalue weighted by Crippen LogP contribution is -2.66. The number of esters is 1. The van der Waals surface area contributed by atoms with Crippen LogP contribution in [0.2, 0.25) is 0 Å². The maximum atomic E-state index is 15.6. The van der Waals surface area contributed by atoms with Crippen molar-refractivity contribution in [2.45, 2.75) is 103 Å². The number of fused-ring (bicyclic) bond motifs is 9. The number of hydrogen-bond acceptors (Lipinski definition) is 11. The Bertz CT molecular complexity index is 2510. The number of alkyl halides is 2.